The summed E-state index contributed by atoms with van der Waals surface area (Å²) in [5.41, 5.74) is 1.27. The second-order valence-corrected chi connectivity index (χ2v) is 9.13. The fourth-order valence-electron chi connectivity index (χ4n) is 4.55. The van der Waals surface area contributed by atoms with E-state index in [2.05, 4.69) is 25.1 Å². The number of piperazine rings is 1. The maximum absolute atomic E-state index is 13.5. The van der Waals surface area contributed by atoms with Gasteiger partial charge in [-0.25, -0.2) is 14.4 Å². The van der Waals surface area contributed by atoms with Gasteiger partial charge in [0.25, 0.3) is 0 Å². The number of halogens is 2. The predicted molar refractivity (Wildman–Crippen MR) is 134 cm³/mol. The zero-order valence-electron chi connectivity index (χ0n) is 19.9. The molecule has 1 aromatic heterocycles. The van der Waals surface area contributed by atoms with E-state index in [-0.39, 0.29) is 17.0 Å². The lowest BCUT2D eigenvalue weighted by atomic mass is 10.1. The minimum Gasteiger partial charge on any atom is -0.493 e. The topological polar surface area (TPSA) is 89.1 Å². The normalized spacial score (nSPS) is 18.5. The number of nitrogens with one attached hydrogen (secondary N) is 1. The van der Waals surface area contributed by atoms with Crippen molar-refractivity contribution >= 4 is 40.0 Å². The Morgan fingerprint density at radius 3 is 2.92 bits per heavy atom. The SMILES string of the molecule is COc1cc2ncnc(Nc3ccc(F)c(Cl)c3)c2cc1OCCCN1CCN2CCOC(=O)C2C1. The number of anilines is 2. The van der Waals surface area contributed by atoms with Crippen LogP contribution in [0, 0.1) is 5.82 Å². The van der Waals surface area contributed by atoms with E-state index in [9.17, 15) is 9.18 Å². The molecule has 0 amide bonds. The number of benzene rings is 2. The van der Waals surface area contributed by atoms with Crippen LogP contribution in [0.5, 0.6) is 11.5 Å². The average Bonchev–Trinajstić information content (AvgIpc) is 2.89. The summed E-state index contributed by atoms with van der Waals surface area (Å²) in [6.45, 7) is 5.05. The molecule has 1 N–H and O–H groups in total. The fraction of sp³-hybridized carbons (Fsp3) is 0.400. The van der Waals surface area contributed by atoms with Crippen molar-refractivity contribution in [1.29, 1.82) is 0 Å². The molecule has 0 radical (unpaired) electrons. The van der Waals surface area contributed by atoms with Gasteiger partial charge in [0.1, 0.15) is 30.6 Å². The standard InChI is InChI=1S/C25H27ClFN5O4/c1-34-22-13-20-17(24(29-15-28-20)30-16-3-4-19(27)18(26)11-16)12-23(22)35-9-2-5-31-6-7-32-8-10-36-25(33)21(32)14-31/h3-4,11-13,15,21H,2,5-10,14H2,1H3,(H,28,29,30). The summed E-state index contributed by atoms with van der Waals surface area (Å²) in [6.07, 6.45) is 2.23. The van der Waals surface area contributed by atoms with E-state index in [0.717, 1.165) is 38.0 Å². The van der Waals surface area contributed by atoms with Crippen LogP contribution in [-0.2, 0) is 9.53 Å². The molecule has 0 bridgehead atoms. The molecule has 0 spiro atoms. The van der Waals surface area contributed by atoms with E-state index in [1.807, 2.05) is 6.07 Å². The number of rotatable bonds is 8. The number of methoxy groups -OCH3 is 1. The highest BCUT2D eigenvalue weighted by Gasteiger charge is 2.35. The third-order valence-corrected chi connectivity index (χ3v) is 6.74. The highest BCUT2D eigenvalue weighted by Crippen LogP contribution is 2.35. The van der Waals surface area contributed by atoms with Gasteiger partial charge in [-0.1, -0.05) is 11.6 Å². The highest BCUT2D eigenvalue weighted by atomic mass is 35.5. The molecule has 11 heteroatoms. The minimum absolute atomic E-state index is 0.0193. The molecule has 0 aliphatic carbocycles. The van der Waals surface area contributed by atoms with Gasteiger partial charge in [0.05, 0.1) is 24.3 Å². The number of aromatic nitrogens is 2. The highest BCUT2D eigenvalue weighted by molar-refractivity contribution is 6.31. The Morgan fingerprint density at radius 1 is 1.19 bits per heavy atom. The summed E-state index contributed by atoms with van der Waals surface area (Å²) in [5.74, 6) is 1.05. The second kappa shape index (κ2) is 10.8. The molecule has 2 aliphatic heterocycles. The summed E-state index contributed by atoms with van der Waals surface area (Å²) in [4.78, 5) is 25.2. The number of carbonyl (C=O) groups excluding carboxylic acids is 1. The van der Waals surface area contributed by atoms with Crippen molar-refractivity contribution in [3.8, 4) is 11.5 Å². The monoisotopic (exact) mass is 515 g/mol. The second-order valence-electron chi connectivity index (χ2n) is 8.72. The number of morpholine rings is 1. The van der Waals surface area contributed by atoms with E-state index in [4.69, 9.17) is 25.8 Å². The molecule has 2 saturated heterocycles. The molecule has 2 fully saturated rings. The van der Waals surface area contributed by atoms with Gasteiger partial charge < -0.3 is 19.5 Å². The van der Waals surface area contributed by atoms with E-state index in [0.29, 0.717) is 48.3 Å². The van der Waals surface area contributed by atoms with Crippen LogP contribution in [0.3, 0.4) is 0 Å². The number of carbonyl (C=O) groups is 1. The van der Waals surface area contributed by atoms with Crippen molar-refractivity contribution in [2.75, 3.05) is 58.4 Å². The van der Waals surface area contributed by atoms with Gasteiger partial charge in [0.15, 0.2) is 11.5 Å². The van der Waals surface area contributed by atoms with Gasteiger partial charge >= 0.3 is 5.97 Å². The first-order valence-corrected chi connectivity index (χ1v) is 12.2. The van der Waals surface area contributed by atoms with Crippen molar-refractivity contribution in [2.45, 2.75) is 12.5 Å². The Morgan fingerprint density at radius 2 is 2.08 bits per heavy atom. The van der Waals surface area contributed by atoms with E-state index in [1.54, 1.807) is 19.2 Å². The minimum atomic E-state index is -0.490. The lowest BCUT2D eigenvalue weighted by Crippen LogP contribution is -2.60. The zero-order valence-corrected chi connectivity index (χ0v) is 20.6. The van der Waals surface area contributed by atoms with E-state index >= 15 is 0 Å². The van der Waals surface area contributed by atoms with Crippen LogP contribution in [0.4, 0.5) is 15.9 Å². The summed E-state index contributed by atoms with van der Waals surface area (Å²) < 4.78 is 30.4. The van der Waals surface area contributed by atoms with Gasteiger partial charge in [0.2, 0.25) is 0 Å². The molecule has 1 unspecified atom stereocenters. The molecule has 2 aliphatic rings. The van der Waals surface area contributed by atoms with Gasteiger partial charge in [0, 0.05) is 49.9 Å². The molecule has 9 nitrogen and oxygen atoms in total. The summed E-state index contributed by atoms with van der Waals surface area (Å²) in [7, 11) is 1.58. The van der Waals surface area contributed by atoms with Crippen LogP contribution in [0.2, 0.25) is 5.02 Å². The van der Waals surface area contributed by atoms with Crippen LogP contribution in [0.25, 0.3) is 10.9 Å². The Balaban J connectivity index is 1.25. The van der Waals surface area contributed by atoms with Crippen molar-refractivity contribution in [3.63, 3.8) is 0 Å². The molecule has 36 heavy (non-hydrogen) atoms. The predicted octanol–water partition coefficient (Wildman–Crippen LogP) is 3.49. The number of esters is 1. The number of cyclic esters (lactones) is 1. The molecular weight excluding hydrogens is 489 g/mol. The maximum Gasteiger partial charge on any atom is 0.324 e. The molecule has 190 valence electrons. The number of fused-ring (bicyclic) bond motifs is 2. The summed E-state index contributed by atoms with van der Waals surface area (Å²) in [6, 6.07) is 7.84. The van der Waals surface area contributed by atoms with Crippen LogP contribution in [0.15, 0.2) is 36.7 Å². The Hall–Kier alpha value is -3.21. The third kappa shape index (κ3) is 5.30. The lowest BCUT2D eigenvalue weighted by Gasteiger charge is -2.42. The van der Waals surface area contributed by atoms with Crippen LogP contribution >= 0.6 is 11.6 Å². The maximum atomic E-state index is 13.5. The van der Waals surface area contributed by atoms with Crippen LogP contribution in [-0.4, -0.2) is 84.8 Å². The average molecular weight is 516 g/mol. The Labute approximate surface area is 213 Å². The van der Waals surface area contributed by atoms with E-state index < -0.39 is 5.82 Å². The third-order valence-electron chi connectivity index (χ3n) is 6.45. The van der Waals surface area contributed by atoms with Gasteiger partial charge in [-0.15, -0.1) is 0 Å². The summed E-state index contributed by atoms with van der Waals surface area (Å²) in [5, 5.41) is 3.91. The Kier molecular flexibility index (Phi) is 7.35. The molecule has 3 aromatic rings. The summed E-state index contributed by atoms with van der Waals surface area (Å²) >= 11 is 5.92. The molecule has 0 saturated carbocycles. The van der Waals surface area contributed by atoms with Gasteiger partial charge in [-0.3, -0.25) is 14.6 Å². The molecule has 5 rings (SSSR count). The first kappa shape index (κ1) is 24.5. The van der Waals surface area contributed by atoms with Crippen molar-refractivity contribution in [1.82, 2.24) is 19.8 Å². The molecule has 3 heterocycles. The van der Waals surface area contributed by atoms with Gasteiger partial charge in [-0.2, -0.15) is 0 Å². The fourth-order valence-corrected chi connectivity index (χ4v) is 4.73. The van der Waals surface area contributed by atoms with Gasteiger partial charge in [-0.05, 0) is 30.7 Å². The lowest BCUT2D eigenvalue weighted by molar-refractivity contribution is -0.161. The van der Waals surface area contributed by atoms with Crippen molar-refractivity contribution < 1.29 is 23.4 Å². The number of hydrogen-bond acceptors (Lipinski definition) is 9. The molecule has 2 aromatic carbocycles. The molecule has 1 atom stereocenters. The Bertz CT molecular complexity index is 1260. The first-order chi connectivity index (χ1) is 17.5. The smallest absolute Gasteiger partial charge is 0.324 e. The number of nitrogens with zero attached hydrogens (tertiary/aromatic N) is 4. The number of hydrogen-bond donors (Lipinski definition) is 1. The molecular formula is C25H27ClFN5O4. The zero-order chi connectivity index (χ0) is 25.1. The quantitative estimate of drug-likeness (QED) is 0.357. The van der Waals surface area contributed by atoms with Crippen LogP contribution < -0.4 is 14.8 Å². The largest absolute Gasteiger partial charge is 0.493 e. The van der Waals surface area contributed by atoms with Crippen molar-refractivity contribution in [2.24, 2.45) is 0 Å². The van der Waals surface area contributed by atoms with Crippen molar-refractivity contribution in [3.05, 3.63) is 47.5 Å². The van der Waals surface area contributed by atoms with Crippen LogP contribution in [0.1, 0.15) is 6.42 Å². The number of ether oxygens (including phenoxy) is 3. The first-order valence-electron chi connectivity index (χ1n) is 11.8. The van der Waals surface area contributed by atoms with E-state index in [1.165, 1.54) is 18.5 Å².